The summed E-state index contributed by atoms with van der Waals surface area (Å²) in [7, 11) is -3.56. The Morgan fingerprint density at radius 3 is 2.89 bits per heavy atom. The molecule has 0 radical (unpaired) electrons. The third kappa shape index (κ3) is 3.52. The highest BCUT2D eigenvalue weighted by Crippen LogP contribution is 2.32. The van der Waals surface area contributed by atoms with Crippen LogP contribution in [0.4, 0.5) is 4.39 Å². The van der Waals surface area contributed by atoms with Gasteiger partial charge in [-0.25, -0.2) is 22.1 Å². The van der Waals surface area contributed by atoms with Crippen LogP contribution in [0.25, 0.3) is 11.0 Å². The Morgan fingerprint density at radius 1 is 1.32 bits per heavy atom. The topological polar surface area (TPSA) is 68.1 Å². The molecular formula is C19H20ClFN4O2S. The first-order valence-electron chi connectivity index (χ1n) is 9.11. The van der Waals surface area contributed by atoms with E-state index in [0.717, 1.165) is 29.5 Å². The third-order valence-corrected chi connectivity index (χ3v) is 7.30. The zero-order valence-corrected chi connectivity index (χ0v) is 16.9. The molecule has 28 heavy (non-hydrogen) atoms. The zero-order chi connectivity index (χ0) is 19.9. The Balaban J connectivity index is 1.57. The van der Waals surface area contributed by atoms with Crippen molar-refractivity contribution in [3.05, 3.63) is 58.9 Å². The van der Waals surface area contributed by atoms with E-state index in [-0.39, 0.29) is 16.7 Å². The molecule has 3 aromatic rings. The first kappa shape index (κ1) is 19.3. The van der Waals surface area contributed by atoms with Crippen LogP contribution < -0.4 is 0 Å². The zero-order valence-electron chi connectivity index (χ0n) is 15.3. The summed E-state index contributed by atoms with van der Waals surface area (Å²) in [5.74, 6) is 0.182. The highest BCUT2D eigenvalue weighted by atomic mass is 35.5. The van der Waals surface area contributed by atoms with Crippen LogP contribution in [-0.4, -0.2) is 40.3 Å². The van der Waals surface area contributed by atoms with E-state index in [9.17, 15) is 12.8 Å². The molecule has 148 valence electrons. The predicted molar refractivity (Wildman–Crippen MR) is 106 cm³/mol. The molecule has 3 heterocycles. The number of benzene rings is 1. The van der Waals surface area contributed by atoms with Crippen molar-refractivity contribution < 1.29 is 12.8 Å². The summed E-state index contributed by atoms with van der Waals surface area (Å²) in [4.78, 5) is 8.90. The lowest BCUT2D eigenvalue weighted by Gasteiger charge is -2.17. The second kappa shape index (κ2) is 7.42. The second-order valence-electron chi connectivity index (χ2n) is 6.91. The highest BCUT2D eigenvalue weighted by molar-refractivity contribution is 7.88. The molecule has 1 saturated heterocycles. The maximum Gasteiger partial charge on any atom is 0.218 e. The Kier molecular flexibility index (Phi) is 5.11. The summed E-state index contributed by atoms with van der Waals surface area (Å²) in [5, 5.41) is 0.125. The minimum absolute atomic E-state index is 0.0193. The monoisotopic (exact) mass is 422 g/mol. The molecular weight excluding hydrogens is 403 g/mol. The fourth-order valence-corrected chi connectivity index (χ4v) is 5.68. The van der Waals surface area contributed by atoms with Gasteiger partial charge < -0.3 is 4.57 Å². The molecule has 0 bridgehead atoms. The standard InChI is InChI=1S/C19H20ClFN4O2S/c1-2-25-18-10-22-7-5-17(18)23-19(25)13-6-8-24(11-13)28(26,27)12-14-3-4-15(21)9-16(14)20/h3-5,7,9-10,13H,2,6,8,11-12H2,1H3/t13-/m0/s1. The number of sulfonamides is 1. The number of fused-ring (bicyclic) bond motifs is 1. The van der Waals surface area contributed by atoms with Gasteiger partial charge in [0.2, 0.25) is 10.0 Å². The summed E-state index contributed by atoms with van der Waals surface area (Å²) in [6, 6.07) is 5.65. The number of aromatic nitrogens is 3. The predicted octanol–water partition coefficient (Wildman–Crippen LogP) is 3.56. The van der Waals surface area contributed by atoms with E-state index in [2.05, 4.69) is 9.55 Å². The van der Waals surface area contributed by atoms with Gasteiger partial charge in [0.25, 0.3) is 0 Å². The lowest BCUT2D eigenvalue weighted by molar-refractivity contribution is 0.468. The molecule has 0 unspecified atom stereocenters. The van der Waals surface area contributed by atoms with Crippen LogP contribution in [0.2, 0.25) is 5.02 Å². The molecule has 1 aromatic carbocycles. The minimum atomic E-state index is -3.56. The Labute approximate surface area is 168 Å². The van der Waals surface area contributed by atoms with Gasteiger partial charge in [-0.05, 0) is 37.1 Å². The SMILES string of the molecule is CCn1c([C@H]2CCN(S(=O)(=O)Cc3ccc(F)cc3Cl)C2)nc2ccncc21. The minimum Gasteiger partial charge on any atom is -0.327 e. The van der Waals surface area contributed by atoms with Gasteiger partial charge >= 0.3 is 0 Å². The van der Waals surface area contributed by atoms with Gasteiger partial charge in [0, 0.05) is 36.8 Å². The summed E-state index contributed by atoms with van der Waals surface area (Å²) in [6.45, 7) is 3.58. The van der Waals surface area contributed by atoms with E-state index in [4.69, 9.17) is 16.6 Å². The third-order valence-electron chi connectivity index (χ3n) is 5.16. The van der Waals surface area contributed by atoms with Crippen LogP contribution in [0.3, 0.4) is 0 Å². The number of imidazole rings is 1. The van der Waals surface area contributed by atoms with Gasteiger partial charge in [0.15, 0.2) is 0 Å². The van der Waals surface area contributed by atoms with Gasteiger partial charge in [0.05, 0.1) is 23.0 Å². The number of pyridine rings is 1. The van der Waals surface area contributed by atoms with Crippen molar-refractivity contribution in [2.75, 3.05) is 13.1 Å². The maximum absolute atomic E-state index is 13.2. The smallest absolute Gasteiger partial charge is 0.218 e. The normalized spacial score (nSPS) is 18.2. The van der Waals surface area contributed by atoms with E-state index in [1.807, 2.05) is 13.0 Å². The molecule has 1 fully saturated rings. The highest BCUT2D eigenvalue weighted by Gasteiger charge is 2.35. The number of hydrogen-bond donors (Lipinski definition) is 0. The van der Waals surface area contributed by atoms with E-state index >= 15 is 0 Å². The summed E-state index contributed by atoms with van der Waals surface area (Å²) in [6.07, 6.45) is 4.19. The number of nitrogens with zero attached hydrogens (tertiary/aromatic N) is 4. The average molecular weight is 423 g/mol. The molecule has 0 aliphatic carbocycles. The Bertz CT molecular complexity index is 1130. The fraction of sp³-hybridized carbons (Fsp3) is 0.368. The number of rotatable bonds is 5. The molecule has 1 aliphatic heterocycles. The van der Waals surface area contributed by atoms with Crippen LogP contribution in [-0.2, 0) is 22.3 Å². The van der Waals surface area contributed by atoms with Crippen molar-refractivity contribution in [3.63, 3.8) is 0 Å². The van der Waals surface area contributed by atoms with Gasteiger partial charge in [-0.3, -0.25) is 4.98 Å². The van der Waals surface area contributed by atoms with Gasteiger partial charge in [-0.1, -0.05) is 17.7 Å². The number of aryl methyl sites for hydroxylation is 1. The van der Waals surface area contributed by atoms with Crippen molar-refractivity contribution in [2.45, 2.75) is 31.6 Å². The molecule has 0 N–H and O–H groups in total. The molecule has 0 amide bonds. The largest absolute Gasteiger partial charge is 0.327 e. The maximum atomic E-state index is 13.2. The van der Waals surface area contributed by atoms with E-state index in [1.165, 1.54) is 16.4 Å². The Hall–Kier alpha value is -2.03. The van der Waals surface area contributed by atoms with Crippen LogP contribution in [0.15, 0.2) is 36.7 Å². The second-order valence-corrected chi connectivity index (χ2v) is 9.29. The first-order chi connectivity index (χ1) is 13.4. The quantitative estimate of drug-likeness (QED) is 0.630. The summed E-state index contributed by atoms with van der Waals surface area (Å²) in [5.41, 5.74) is 2.23. The molecule has 1 aliphatic rings. The van der Waals surface area contributed by atoms with Crippen LogP contribution >= 0.6 is 11.6 Å². The molecule has 4 rings (SSSR count). The van der Waals surface area contributed by atoms with Gasteiger partial charge in [0.1, 0.15) is 11.6 Å². The van der Waals surface area contributed by atoms with E-state index < -0.39 is 15.8 Å². The molecule has 0 spiro atoms. The van der Waals surface area contributed by atoms with Crippen molar-refractivity contribution >= 4 is 32.7 Å². The first-order valence-corrected chi connectivity index (χ1v) is 11.1. The number of hydrogen-bond acceptors (Lipinski definition) is 4. The van der Waals surface area contributed by atoms with Gasteiger partial charge in [-0.2, -0.15) is 0 Å². The van der Waals surface area contributed by atoms with Crippen molar-refractivity contribution in [1.29, 1.82) is 0 Å². The molecule has 0 saturated carbocycles. The van der Waals surface area contributed by atoms with Crippen molar-refractivity contribution in [1.82, 2.24) is 18.8 Å². The molecule has 9 heteroatoms. The van der Waals surface area contributed by atoms with E-state index in [0.29, 0.717) is 25.1 Å². The average Bonchev–Trinajstić information content (AvgIpc) is 3.28. The molecule has 1 atom stereocenters. The lowest BCUT2D eigenvalue weighted by Crippen LogP contribution is -2.30. The van der Waals surface area contributed by atoms with Crippen molar-refractivity contribution in [3.8, 4) is 0 Å². The Morgan fingerprint density at radius 2 is 2.14 bits per heavy atom. The van der Waals surface area contributed by atoms with Crippen LogP contribution in [0.1, 0.15) is 30.7 Å². The van der Waals surface area contributed by atoms with Crippen LogP contribution in [0.5, 0.6) is 0 Å². The number of halogens is 2. The van der Waals surface area contributed by atoms with Gasteiger partial charge in [-0.15, -0.1) is 0 Å². The summed E-state index contributed by atoms with van der Waals surface area (Å²) >= 11 is 6.01. The summed E-state index contributed by atoms with van der Waals surface area (Å²) < 4.78 is 42.6. The molecule has 2 aromatic heterocycles. The molecule has 6 nitrogen and oxygen atoms in total. The van der Waals surface area contributed by atoms with E-state index in [1.54, 1.807) is 12.4 Å². The van der Waals surface area contributed by atoms with Crippen molar-refractivity contribution in [2.24, 2.45) is 0 Å². The fourth-order valence-electron chi connectivity index (χ4n) is 3.75. The van der Waals surface area contributed by atoms with Crippen LogP contribution in [0, 0.1) is 5.82 Å². The lowest BCUT2D eigenvalue weighted by atomic mass is 10.1.